The van der Waals surface area contributed by atoms with Crippen LogP contribution in [0.5, 0.6) is 0 Å². The highest BCUT2D eigenvalue weighted by atomic mass is 16.2. The summed E-state index contributed by atoms with van der Waals surface area (Å²) in [7, 11) is 0. The van der Waals surface area contributed by atoms with E-state index in [4.69, 9.17) is 0 Å². The van der Waals surface area contributed by atoms with Crippen molar-refractivity contribution >= 4 is 17.5 Å². The van der Waals surface area contributed by atoms with Gasteiger partial charge in [0.15, 0.2) is 0 Å². The number of hydrogen-bond acceptors (Lipinski definition) is 3. The number of piperazine rings is 1. The third-order valence-electron chi connectivity index (χ3n) is 5.46. The van der Waals surface area contributed by atoms with Gasteiger partial charge in [-0.05, 0) is 37.1 Å². The molecule has 2 saturated heterocycles. The number of amides is 2. The molecule has 2 heterocycles. The Labute approximate surface area is 160 Å². The molecule has 0 saturated carbocycles. The van der Waals surface area contributed by atoms with E-state index < -0.39 is 0 Å². The van der Waals surface area contributed by atoms with Gasteiger partial charge in [0, 0.05) is 50.5 Å². The van der Waals surface area contributed by atoms with Gasteiger partial charge in [0.25, 0.3) is 11.8 Å². The Morgan fingerprint density at radius 1 is 0.630 bits per heavy atom. The van der Waals surface area contributed by atoms with E-state index in [-0.39, 0.29) is 11.8 Å². The van der Waals surface area contributed by atoms with Gasteiger partial charge in [-0.3, -0.25) is 9.59 Å². The van der Waals surface area contributed by atoms with Crippen LogP contribution in [0.1, 0.15) is 33.6 Å². The van der Waals surface area contributed by atoms with Crippen molar-refractivity contribution in [3.8, 4) is 0 Å². The van der Waals surface area contributed by atoms with Crippen LogP contribution in [0, 0.1) is 0 Å². The molecule has 5 heteroatoms. The molecule has 0 aromatic heterocycles. The van der Waals surface area contributed by atoms with Gasteiger partial charge in [-0.2, -0.15) is 0 Å². The Bertz CT molecular complexity index is 807. The van der Waals surface area contributed by atoms with Gasteiger partial charge in [-0.15, -0.1) is 0 Å². The smallest absolute Gasteiger partial charge is 0.256 e. The minimum atomic E-state index is 0.0418. The van der Waals surface area contributed by atoms with E-state index >= 15 is 0 Å². The quantitative estimate of drug-likeness (QED) is 0.842. The number of nitrogens with zero attached hydrogens (tertiary/aromatic N) is 3. The second kappa shape index (κ2) is 7.82. The molecule has 140 valence electrons. The lowest BCUT2D eigenvalue weighted by molar-refractivity contribution is 0.0536. The highest BCUT2D eigenvalue weighted by Gasteiger charge is 2.27. The maximum absolute atomic E-state index is 13.1. The van der Waals surface area contributed by atoms with Gasteiger partial charge >= 0.3 is 0 Å². The Hall–Kier alpha value is -2.82. The number of benzene rings is 2. The molecular weight excluding hydrogens is 338 g/mol. The molecular formula is C22H25N3O2. The van der Waals surface area contributed by atoms with Crippen LogP contribution in [0.25, 0.3) is 0 Å². The molecule has 2 aromatic carbocycles. The Balaban J connectivity index is 1.43. The number of para-hydroxylation sites is 1. The van der Waals surface area contributed by atoms with Crippen molar-refractivity contribution in [2.45, 2.75) is 12.8 Å². The fourth-order valence-corrected chi connectivity index (χ4v) is 3.93. The minimum Gasteiger partial charge on any atom is -0.371 e. The molecule has 0 N–H and O–H groups in total. The van der Waals surface area contributed by atoms with Crippen LogP contribution in [0.3, 0.4) is 0 Å². The summed E-state index contributed by atoms with van der Waals surface area (Å²) in [6.07, 6.45) is 2.37. The van der Waals surface area contributed by atoms with Gasteiger partial charge in [0.1, 0.15) is 0 Å². The summed E-state index contributed by atoms with van der Waals surface area (Å²) >= 11 is 0. The number of anilines is 1. The third kappa shape index (κ3) is 3.68. The molecule has 2 aliphatic heterocycles. The third-order valence-corrected chi connectivity index (χ3v) is 5.46. The molecule has 2 aromatic rings. The van der Waals surface area contributed by atoms with Crippen LogP contribution in [0.4, 0.5) is 5.69 Å². The Morgan fingerprint density at radius 3 is 1.85 bits per heavy atom. The lowest BCUT2D eigenvalue weighted by atomic mass is 10.1. The maximum Gasteiger partial charge on any atom is 0.256 e. The van der Waals surface area contributed by atoms with E-state index in [1.54, 1.807) is 0 Å². The first-order valence-corrected chi connectivity index (χ1v) is 9.71. The highest BCUT2D eigenvalue weighted by molar-refractivity contribution is 6.00. The van der Waals surface area contributed by atoms with Crippen molar-refractivity contribution in [1.29, 1.82) is 0 Å². The van der Waals surface area contributed by atoms with Gasteiger partial charge in [-0.1, -0.05) is 30.3 Å². The molecule has 2 fully saturated rings. The summed E-state index contributed by atoms with van der Waals surface area (Å²) < 4.78 is 0. The second-order valence-corrected chi connectivity index (χ2v) is 7.16. The highest BCUT2D eigenvalue weighted by Crippen LogP contribution is 2.26. The number of carbonyl (C=O) groups is 2. The van der Waals surface area contributed by atoms with Gasteiger partial charge in [0.2, 0.25) is 0 Å². The van der Waals surface area contributed by atoms with E-state index in [1.807, 2.05) is 64.4 Å². The lowest BCUT2D eigenvalue weighted by Crippen LogP contribution is -2.50. The first-order valence-electron chi connectivity index (χ1n) is 9.71. The van der Waals surface area contributed by atoms with Gasteiger partial charge in [0.05, 0.1) is 5.56 Å². The molecule has 5 nitrogen and oxygen atoms in total. The fourth-order valence-electron chi connectivity index (χ4n) is 3.93. The molecule has 0 atom stereocenters. The monoisotopic (exact) mass is 363 g/mol. The minimum absolute atomic E-state index is 0.0418. The standard InChI is InChI=1S/C22H25N3O2/c26-21(18-8-2-1-3-9-18)24-14-16-25(17-15-24)22(27)19-10-4-5-11-20(19)23-12-6-7-13-23/h1-5,8-11H,6-7,12-17H2. The summed E-state index contributed by atoms with van der Waals surface area (Å²) in [5.41, 5.74) is 2.53. The molecule has 0 bridgehead atoms. The molecule has 0 unspecified atom stereocenters. The summed E-state index contributed by atoms with van der Waals surface area (Å²) in [6, 6.07) is 17.3. The molecule has 2 aliphatic rings. The Morgan fingerprint density at radius 2 is 1.19 bits per heavy atom. The zero-order chi connectivity index (χ0) is 18.6. The molecule has 4 rings (SSSR count). The fraction of sp³-hybridized carbons (Fsp3) is 0.364. The first-order chi connectivity index (χ1) is 13.2. The molecule has 2 amide bonds. The van der Waals surface area contributed by atoms with Crippen LogP contribution < -0.4 is 4.90 Å². The number of carbonyl (C=O) groups excluding carboxylic acids is 2. The van der Waals surface area contributed by atoms with Crippen LogP contribution >= 0.6 is 0 Å². The van der Waals surface area contributed by atoms with E-state index in [9.17, 15) is 9.59 Å². The summed E-state index contributed by atoms with van der Waals surface area (Å²) in [5, 5.41) is 0. The van der Waals surface area contributed by atoms with Crippen molar-refractivity contribution < 1.29 is 9.59 Å². The van der Waals surface area contributed by atoms with Crippen molar-refractivity contribution in [2.24, 2.45) is 0 Å². The van der Waals surface area contributed by atoms with Gasteiger partial charge < -0.3 is 14.7 Å². The zero-order valence-electron chi connectivity index (χ0n) is 15.5. The predicted molar refractivity (Wildman–Crippen MR) is 106 cm³/mol. The topological polar surface area (TPSA) is 43.9 Å². The summed E-state index contributed by atoms with van der Waals surface area (Å²) in [4.78, 5) is 31.7. The number of hydrogen-bond donors (Lipinski definition) is 0. The van der Waals surface area contributed by atoms with Gasteiger partial charge in [-0.25, -0.2) is 0 Å². The predicted octanol–water partition coefficient (Wildman–Crippen LogP) is 2.89. The van der Waals surface area contributed by atoms with E-state index in [1.165, 1.54) is 12.8 Å². The van der Waals surface area contributed by atoms with E-state index in [2.05, 4.69) is 4.90 Å². The lowest BCUT2D eigenvalue weighted by Gasteiger charge is -2.35. The second-order valence-electron chi connectivity index (χ2n) is 7.16. The van der Waals surface area contributed by atoms with E-state index in [0.717, 1.165) is 24.3 Å². The maximum atomic E-state index is 13.1. The first kappa shape index (κ1) is 17.6. The van der Waals surface area contributed by atoms with Crippen molar-refractivity contribution in [3.63, 3.8) is 0 Å². The van der Waals surface area contributed by atoms with E-state index in [0.29, 0.717) is 31.7 Å². The summed E-state index contributed by atoms with van der Waals surface area (Å²) in [6.45, 7) is 4.33. The SMILES string of the molecule is O=C(c1ccccc1)N1CCN(C(=O)c2ccccc2N2CCCC2)CC1. The molecule has 0 aliphatic carbocycles. The molecule has 0 spiro atoms. The number of rotatable bonds is 3. The van der Waals surface area contributed by atoms with Crippen molar-refractivity contribution in [3.05, 3.63) is 65.7 Å². The van der Waals surface area contributed by atoms with Crippen LogP contribution in [-0.4, -0.2) is 60.9 Å². The molecule has 27 heavy (non-hydrogen) atoms. The largest absolute Gasteiger partial charge is 0.371 e. The van der Waals surface area contributed by atoms with Crippen molar-refractivity contribution in [2.75, 3.05) is 44.2 Å². The average Bonchev–Trinajstić information content (AvgIpc) is 3.28. The zero-order valence-corrected chi connectivity index (χ0v) is 15.5. The Kier molecular flexibility index (Phi) is 5.10. The average molecular weight is 363 g/mol. The summed E-state index contributed by atoms with van der Waals surface area (Å²) in [5.74, 6) is 0.115. The van der Waals surface area contributed by atoms with Crippen LogP contribution in [0.2, 0.25) is 0 Å². The van der Waals surface area contributed by atoms with Crippen LogP contribution in [-0.2, 0) is 0 Å². The molecule has 0 radical (unpaired) electrons. The van der Waals surface area contributed by atoms with Crippen molar-refractivity contribution in [1.82, 2.24) is 9.80 Å². The van der Waals surface area contributed by atoms with Crippen LogP contribution in [0.15, 0.2) is 54.6 Å². The normalized spacial score (nSPS) is 17.3.